The number of hydrogen-bond acceptors (Lipinski definition) is 6. The third-order valence-corrected chi connectivity index (χ3v) is 1.56. The molecule has 0 spiro atoms. The zero-order chi connectivity index (χ0) is 13.2. The van der Waals surface area contributed by atoms with E-state index in [1.807, 2.05) is 0 Å². The molecule has 0 aromatic carbocycles. The van der Waals surface area contributed by atoms with E-state index in [9.17, 15) is 23.3 Å². The lowest BCUT2D eigenvalue weighted by molar-refractivity contribution is -0.386. The number of aliphatic hydroxyl groups excluding tert-OH is 1. The minimum atomic E-state index is -5.16. The highest BCUT2D eigenvalue weighted by Gasteiger charge is 2.35. The van der Waals surface area contributed by atoms with Gasteiger partial charge in [-0.1, -0.05) is 0 Å². The summed E-state index contributed by atoms with van der Waals surface area (Å²) in [6.07, 6.45) is -5.16. The largest absolute Gasteiger partial charge is 0.574 e. The summed E-state index contributed by atoms with van der Waals surface area (Å²) in [7, 11) is 0. The predicted octanol–water partition coefficient (Wildman–Crippen LogP) is 1.09. The van der Waals surface area contributed by atoms with Crippen LogP contribution >= 0.6 is 0 Å². The number of aromatic hydroxyl groups is 1. The number of aliphatic hydroxyl groups is 1. The molecule has 0 amide bonds. The maximum Gasteiger partial charge on any atom is 0.574 e. The molecule has 1 rings (SSSR count). The maximum absolute atomic E-state index is 11.9. The van der Waals surface area contributed by atoms with E-state index in [-0.39, 0.29) is 0 Å². The van der Waals surface area contributed by atoms with Gasteiger partial charge in [-0.25, -0.2) is 4.98 Å². The van der Waals surface area contributed by atoms with Crippen molar-refractivity contribution in [2.45, 2.75) is 13.0 Å². The van der Waals surface area contributed by atoms with Crippen LogP contribution in [0.5, 0.6) is 11.6 Å². The van der Waals surface area contributed by atoms with Crippen LogP contribution in [0.3, 0.4) is 0 Å². The summed E-state index contributed by atoms with van der Waals surface area (Å²) in [5, 5.41) is 28.2. The monoisotopic (exact) mass is 254 g/mol. The highest BCUT2D eigenvalue weighted by Crippen LogP contribution is 2.37. The number of hydrogen-bond donors (Lipinski definition) is 2. The Labute approximate surface area is 91.2 Å². The van der Waals surface area contributed by atoms with Crippen molar-refractivity contribution in [1.82, 2.24) is 4.98 Å². The SMILES string of the molecule is O=[N+]([O-])c1cc(CO)nc(OC(F)(F)F)c1O. The highest BCUT2D eigenvalue weighted by molar-refractivity contribution is 5.52. The number of ether oxygens (including phenoxy) is 1. The molecule has 7 nitrogen and oxygen atoms in total. The summed E-state index contributed by atoms with van der Waals surface area (Å²) in [4.78, 5) is 12.4. The molecule has 17 heavy (non-hydrogen) atoms. The van der Waals surface area contributed by atoms with Crippen LogP contribution in [0.1, 0.15) is 5.69 Å². The van der Waals surface area contributed by atoms with Crippen molar-refractivity contribution < 1.29 is 33.0 Å². The van der Waals surface area contributed by atoms with Crippen LogP contribution in [-0.4, -0.2) is 26.5 Å². The molecule has 0 bridgehead atoms. The number of rotatable bonds is 3. The summed E-state index contributed by atoms with van der Waals surface area (Å²) < 4.78 is 38.9. The Morgan fingerprint density at radius 3 is 2.53 bits per heavy atom. The molecule has 0 aliphatic rings. The van der Waals surface area contributed by atoms with Gasteiger partial charge in [0.1, 0.15) is 0 Å². The van der Waals surface area contributed by atoms with Crippen LogP contribution < -0.4 is 4.74 Å². The van der Waals surface area contributed by atoms with E-state index in [1.54, 1.807) is 0 Å². The zero-order valence-corrected chi connectivity index (χ0v) is 7.93. The fourth-order valence-corrected chi connectivity index (χ4v) is 0.952. The average molecular weight is 254 g/mol. The molecular weight excluding hydrogens is 249 g/mol. The zero-order valence-electron chi connectivity index (χ0n) is 7.93. The molecule has 0 fully saturated rings. The molecule has 0 aliphatic carbocycles. The number of pyridine rings is 1. The smallest absolute Gasteiger partial charge is 0.498 e. The molecule has 1 aromatic heterocycles. The van der Waals surface area contributed by atoms with Crippen LogP contribution in [0, 0.1) is 10.1 Å². The number of alkyl halides is 3. The van der Waals surface area contributed by atoms with Gasteiger partial charge in [-0.05, 0) is 0 Å². The molecular formula is C7H5F3N2O5. The summed E-state index contributed by atoms with van der Waals surface area (Å²) in [6, 6.07) is 0.637. The van der Waals surface area contributed by atoms with E-state index in [1.165, 1.54) is 0 Å². The summed E-state index contributed by atoms with van der Waals surface area (Å²) in [6.45, 7) is -0.838. The number of aromatic nitrogens is 1. The van der Waals surface area contributed by atoms with E-state index in [4.69, 9.17) is 10.2 Å². The third-order valence-electron chi connectivity index (χ3n) is 1.56. The van der Waals surface area contributed by atoms with E-state index in [2.05, 4.69) is 9.72 Å². The van der Waals surface area contributed by atoms with Gasteiger partial charge in [0.15, 0.2) is 0 Å². The van der Waals surface area contributed by atoms with Crippen LogP contribution in [0.2, 0.25) is 0 Å². The van der Waals surface area contributed by atoms with Gasteiger partial charge in [0.25, 0.3) is 11.6 Å². The van der Waals surface area contributed by atoms with Gasteiger partial charge < -0.3 is 14.9 Å². The average Bonchev–Trinajstić information content (AvgIpc) is 2.18. The first-order valence-corrected chi connectivity index (χ1v) is 3.98. The Balaban J connectivity index is 3.29. The Kier molecular flexibility index (Phi) is 3.36. The fraction of sp³-hybridized carbons (Fsp3) is 0.286. The lowest BCUT2D eigenvalue weighted by Gasteiger charge is -2.10. The molecule has 1 heterocycles. The van der Waals surface area contributed by atoms with Crippen LogP contribution in [0.4, 0.5) is 18.9 Å². The first kappa shape index (κ1) is 13.0. The number of nitrogens with zero attached hydrogens (tertiary/aromatic N) is 2. The topological polar surface area (TPSA) is 106 Å². The van der Waals surface area contributed by atoms with E-state index in [0.29, 0.717) is 6.07 Å². The molecule has 2 N–H and O–H groups in total. The van der Waals surface area contributed by atoms with Gasteiger partial charge in [0.05, 0.1) is 17.2 Å². The number of halogens is 3. The minimum Gasteiger partial charge on any atom is -0.498 e. The van der Waals surface area contributed by atoms with Crippen LogP contribution in [0.25, 0.3) is 0 Å². The summed E-state index contributed by atoms with van der Waals surface area (Å²) in [5.41, 5.74) is -1.47. The molecule has 94 valence electrons. The van der Waals surface area contributed by atoms with Crippen molar-refractivity contribution in [3.05, 3.63) is 21.9 Å². The van der Waals surface area contributed by atoms with Crippen molar-refractivity contribution >= 4 is 5.69 Å². The van der Waals surface area contributed by atoms with Gasteiger partial charge in [0, 0.05) is 6.07 Å². The Bertz CT molecular complexity index is 448. The van der Waals surface area contributed by atoms with Gasteiger partial charge in [0.2, 0.25) is 0 Å². The quantitative estimate of drug-likeness (QED) is 0.617. The molecule has 0 unspecified atom stereocenters. The summed E-state index contributed by atoms with van der Waals surface area (Å²) >= 11 is 0. The second kappa shape index (κ2) is 4.41. The van der Waals surface area contributed by atoms with Gasteiger partial charge in [-0.2, -0.15) is 0 Å². The van der Waals surface area contributed by atoms with Gasteiger partial charge in [-0.3, -0.25) is 10.1 Å². The van der Waals surface area contributed by atoms with Crippen molar-refractivity contribution in [3.8, 4) is 11.6 Å². The van der Waals surface area contributed by atoms with Gasteiger partial charge >= 0.3 is 12.0 Å². The second-order valence-electron chi connectivity index (χ2n) is 2.75. The first-order chi connectivity index (χ1) is 7.74. The molecule has 0 saturated carbocycles. The molecule has 1 aromatic rings. The van der Waals surface area contributed by atoms with E-state index >= 15 is 0 Å². The van der Waals surface area contributed by atoms with Crippen LogP contribution in [-0.2, 0) is 6.61 Å². The Morgan fingerprint density at radius 2 is 2.12 bits per heavy atom. The molecule has 0 aliphatic heterocycles. The van der Waals surface area contributed by atoms with Crippen molar-refractivity contribution in [1.29, 1.82) is 0 Å². The number of nitro groups is 1. The standard InChI is InChI=1S/C7H5F3N2O5/c8-7(9,10)17-6-5(14)4(12(15)16)1-3(2-13)11-6/h1,13-14H,2H2. The van der Waals surface area contributed by atoms with E-state index in [0.717, 1.165) is 0 Å². The lowest BCUT2D eigenvalue weighted by atomic mass is 10.3. The first-order valence-electron chi connectivity index (χ1n) is 3.98. The molecule has 0 radical (unpaired) electrons. The molecule has 0 saturated heterocycles. The predicted molar refractivity (Wildman–Crippen MR) is 45.2 cm³/mol. The van der Waals surface area contributed by atoms with Crippen molar-refractivity contribution in [3.63, 3.8) is 0 Å². The maximum atomic E-state index is 11.9. The minimum absolute atomic E-state index is 0.436. The highest BCUT2D eigenvalue weighted by atomic mass is 19.4. The lowest BCUT2D eigenvalue weighted by Crippen LogP contribution is -2.18. The Hall–Kier alpha value is -2.10. The summed E-state index contributed by atoms with van der Waals surface area (Å²) in [5.74, 6) is -2.74. The normalized spacial score (nSPS) is 11.3. The fourth-order valence-electron chi connectivity index (χ4n) is 0.952. The molecule has 10 heteroatoms. The van der Waals surface area contributed by atoms with Crippen molar-refractivity contribution in [2.24, 2.45) is 0 Å². The molecule has 0 atom stereocenters. The Morgan fingerprint density at radius 1 is 1.53 bits per heavy atom. The second-order valence-corrected chi connectivity index (χ2v) is 2.75. The van der Waals surface area contributed by atoms with E-state index < -0.39 is 40.9 Å². The van der Waals surface area contributed by atoms with Crippen LogP contribution in [0.15, 0.2) is 6.07 Å². The van der Waals surface area contributed by atoms with Crippen molar-refractivity contribution in [2.75, 3.05) is 0 Å². The van der Waals surface area contributed by atoms with Gasteiger partial charge in [-0.15, -0.1) is 13.2 Å². The third kappa shape index (κ3) is 3.17.